The molecule has 0 spiro atoms. The van der Waals surface area contributed by atoms with Crippen molar-refractivity contribution < 1.29 is 4.79 Å². The lowest BCUT2D eigenvalue weighted by Gasteiger charge is -2.24. The summed E-state index contributed by atoms with van der Waals surface area (Å²) < 4.78 is 1.59. The van der Waals surface area contributed by atoms with Crippen LogP contribution in [0.15, 0.2) is 60.8 Å². The van der Waals surface area contributed by atoms with Crippen LogP contribution < -0.4 is 5.32 Å². The van der Waals surface area contributed by atoms with Crippen molar-refractivity contribution in [3.63, 3.8) is 0 Å². The number of rotatable bonds is 3. The summed E-state index contributed by atoms with van der Waals surface area (Å²) in [5.41, 5.74) is 5.73. The highest BCUT2D eigenvalue weighted by molar-refractivity contribution is 5.95. The van der Waals surface area contributed by atoms with Gasteiger partial charge in [-0.15, -0.1) is 5.10 Å². The first-order chi connectivity index (χ1) is 14.6. The van der Waals surface area contributed by atoms with E-state index in [9.17, 15) is 4.79 Å². The Kier molecular flexibility index (Phi) is 4.35. The summed E-state index contributed by atoms with van der Waals surface area (Å²) in [5, 5.41) is 15.9. The predicted molar refractivity (Wildman–Crippen MR) is 113 cm³/mol. The highest BCUT2D eigenvalue weighted by Gasteiger charge is 2.33. The molecule has 30 heavy (non-hydrogen) atoms. The molecule has 7 nitrogen and oxygen atoms in total. The maximum Gasteiger partial charge on any atom is 0.272 e. The van der Waals surface area contributed by atoms with Gasteiger partial charge in [-0.3, -0.25) is 4.79 Å². The highest BCUT2D eigenvalue weighted by Crippen LogP contribution is 2.39. The van der Waals surface area contributed by atoms with Crippen LogP contribution in [0.3, 0.4) is 0 Å². The van der Waals surface area contributed by atoms with Crippen LogP contribution >= 0.6 is 0 Å². The number of hydrogen-bond acceptors (Lipinski definition) is 5. The fourth-order valence-electron chi connectivity index (χ4n) is 3.91. The SMILES string of the molecule is Cc1ccc(-c2cnnc(-n3nc(C)c4c3NC(=O)C[C@@H]4c3ccccc3)n2)cc1. The summed E-state index contributed by atoms with van der Waals surface area (Å²) >= 11 is 0. The third-order valence-electron chi connectivity index (χ3n) is 5.39. The average molecular weight is 396 g/mol. The number of aryl methyl sites for hydroxylation is 2. The van der Waals surface area contributed by atoms with Gasteiger partial charge in [-0.2, -0.15) is 14.9 Å². The lowest BCUT2D eigenvalue weighted by Crippen LogP contribution is -2.25. The van der Waals surface area contributed by atoms with Crippen molar-refractivity contribution in [2.24, 2.45) is 0 Å². The normalized spacial score (nSPS) is 15.5. The molecule has 5 rings (SSSR count). The molecule has 3 heterocycles. The van der Waals surface area contributed by atoms with E-state index in [0.29, 0.717) is 23.9 Å². The van der Waals surface area contributed by atoms with Gasteiger partial charge in [0.1, 0.15) is 5.82 Å². The quantitative estimate of drug-likeness (QED) is 0.569. The van der Waals surface area contributed by atoms with Crippen LogP contribution in [0.25, 0.3) is 17.2 Å². The Labute approximate surface area is 173 Å². The lowest BCUT2D eigenvalue weighted by atomic mass is 9.86. The first kappa shape index (κ1) is 18.2. The molecular formula is C23H20N6O. The van der Waals surface area contributed by atoms with Crippen LogP contribution in [0.2, 0.25) is 0 Å². The zero-order chi connectivity index (χ0) is 20.7. The molecule has 1 aliphatic heterocycles. The Morgan fingerprint density at radius 3 is 2.57 bits per heavy atom. The molecule has 2 aromatic heterocycles. The molecule has 1 aliphatic rings. The Morgan fingerprint density at radius 2 is 1.80 bits per heavy atom. The number of benzene rings is 2. The van der Waals surface area contributed by atoms with Crippen LogP contribution in [-0.4, -0.2) is 30.9 Å². The van der Waals surface area contributed by atoms with E-state index in [2.05, 4.69) is 25.6 Å². The van der Waals surface area contributed by atoms with Crippen molar-refractivity contribution in [2.75, 3.05) is 5.32 Å². The monoisotopic (exact) mass is 396 g/mol. The van der Waals surface area contributed by atoms with Crippen molar-refractivity contribution in [3.8, 4) is 17.2 Å². The highest BCUT2D eigenvalue weighted by atomic mass is 16.1. The average Bonchev–Trinajstić information content (AvgIpc) is 3.10. The second-order valence-corrected chi connectivity index (χ2v) is 7.48. The molecular weight excluding hydrogens is 376 g/mol. The summed E-state index contributed by atoms with van der Waals surface area (Å²) in [6.45, 7) is 3.98. The van der Waals surface area contributed by atoms with Crippen LogP contribution in [-0.2, 0) is 4.79 Å². The second kappa shape index (κ2) is 7.18. The van der Waals surface area contributed by atoms with E-state index < -0.39 is 0 Å². The minimum atomic E-state index is -0.0584. The molecule has 1 atom stereocenters. The smallest absolute Gasteiger partial charge is 0.272 e. The van der Waals surface area contributed by atoms with E-state index in [1.165, 1.54) is 5.56 Å². The maximum absolute atomic E-state index is 12.5. The second-order valence-electron chi connectivity index (χ2n) is 7.48. The van der Waals surface area contributed by atoms with E-state index in [4.69, 9.17) is 0 Å². The van der Waals surface area contributed by atoms with Gasteiger partial charge in [0.05, 0.1) is 17.6 Å². The molecule has 0 bridgehead atoms. The fourth-order valence-corrected chi connectivity index (χ4v) is 3.91. The standard InChI is InChI=1S/C23H20N6O/c1-14-8-10-17(11-9-14)19-13-24-27-23(25-19)29-22-21(15(2)28-29)18(12-20(30)26-22)16-6-4-3-5-7-16/h3-11,13,18H,12H2,1-2H3,(H,26,30)/t18-/m1/s1. The van der Waals surface area contributed by atoms with Crippen molar-refractivity contribution >= 4 is 11.7 Å². The third-order valence-corrected chi connectivity index (χ3v) is 5.39. The lowest BCUT2D eigenvalue weighted by molar-refractivity contribution is -0.116. The third kappa shape index (κ3) is 3.14. The van der Waals surface area contributed by atoms with E-state index in [0.717, 1.165) is 22.4 Å². The molecule has 0 saturated heterocycles. The number of fused-ring (bicyclic) bond motifs is 1. The Hall–Kier alpha value is -3.87. The van der Waals surface area contributed by atoms with Gasteiger partial charge in [0, 0.05) is 23.5 Å². The molecule has 1 N–H and O–H groups in total. The number of nitrogens with one attached hydrogen (secondary N) is 1. The molecule has 0 radical (unpaired) electrons. The first-order valence-corrected chi connectivity index (χ1v) is 9.81. The van der Waals surface area contributed by atoms with E-state index in [1.54, 1.807) is 10.9 Å². The summed E-state index contributed by atoms with van der Waals surface area (Å²) in [4.78, 5) is 17.2. The number of nitrogens with zero attached hydrogens (tertiary/aromatic N) is 5. The van der Waals surface area contributed by atoms with Crippen LogP contribution in [0.5, 0.6) is 0 Å². The van der Waals surface area contributed by atoms with Crippen LogP contribution in [0, 0.1) is 13.8 Å². The zero-order valence-corrected chi connectivity index (χ0v) is 16.7. The van der Waals surface area contributed by atoms with Crippen molar-refractivity contribution in [3.05, 3.63) is 83.2 Å². The molecule has 0 unspecified atom stereocenters. The van der Waals surface area contributed by atoms with Gasteiger partial charge in [0.25, 0.3) is 5.95 Å². The molecule has 1 amide bonds. The summed E-state index contributed by atoms with van der Waals surface area (Å²) in [6, 6.07) is 18.1. The molecule has 0 saturated carbocycles. The number of carbonyl (C=O) groups excluding carboxylic acids is 1. The number of anilines is 1. The number of aromatic nitrogens is 5. The molecule has 148 valence electrons. The Bertz CT molecular complexity index is 1230. The van der Waals surface area contributed by atoms with E-state index >= 15 is 0 Å². The van der Waals surface area contributed by atoms with E-state index in [-0.39, 0.29) is 11.8 Å². The first-order valence-electron chi connectivity index (χ1n) is 9.81. The van der Waals surface area contributed by atoms with Gasteiger partial charge in [-0.05, 0) is 19.4 Å². The number of carbonyl (C=O) groups is 1. The maximum atomic E-state index is 12.5. The van der Waals surface area contributed by atoms with Gasteiger partial charge in [-0.25, -0.2) is 4.98 Å². The number of hydrogen-bond donors (Lipinski definition) is 1. The molecule has 2 aromatic carbocycles. The number of amides is 1. The van der Waals surface area contributed by atoms with Gasteiger partial charge < -0.3 is 5.32 Å². The summed E-state index contributed by atoms with van der Waals surface area (Å²) in [6.07, 6.45) is 2.01. The van der Waals surface area contributed by atoms with Crippen molar-refractivity contribution in [1.29, 1.82) is 0 Å². The summed E-state index contributed by atoms with van der Waals surface area (Å²) in [5.74, 6) is 0.823. The molecule has 0 aliphatic carbocycles. The fraction of sp³-hybridized carbons (Fsp3) is 0.174. The van der Waals surface area contributed by atoms with Gasteiger partial charge in [0.15, 0.2) is 0 Å². The van der Waals surface area contributed by atoms with Crippen LogP contribution in [0.4, 0.5) is 5.82 Å². The van der Waals surface area contributed by atoms with Crippen LogP contribution in [0.1, 0.15) is 34.7 Å². The zero-order valence-electron chi connectivity index (χ0n) is 16.7. The van der Waals surface area contributed by atoms with Crippen molar-refractivity contribution in [1.82, 2.24) is 25.0 Å². The Balaban J connectivity index is 1.61. The van der Waals surface area contributed by atoms with Gasteiger partial charge >= 0.3 is 0 Å². The van der Waals surface area contributed by atoms with Gasteiger partial charge in [0.2, 0.25) is 5.91 Å². The topological polar surface area (TPSA) is 85.6 Å². The Morgan fingerprint density at radius 1 is 1.03 bits per heavy atom. The molecule has 7 heteroatoms. The molecule has 0 fully saturated rings. The minimum absolute atomic E-state index is 0.0554. The summed E-state index contributed by atoms with van der Waals surface area (Å²) in [7, 11) is 0. The van der Waals surface area contributed by atoms with E-state index in [1.807, 2.05) is 68.4 Å². The van der Waals surface area contributed by atoms with Crippen molar-refractivity contribution in [2.45, 2.75) is 26.2 Å². The largest absolute Gasteiger partial charge is 0.310 e. The van der Waals surface area contributed by atoms with Gasteiger partial charge in [-0.1, -0.05) is 60.2 Å². The predicted octanol–water partition coefficient (Wildman–Crippen LogP) is 3.82. The minimum Gasteiger partial charge on any atom is -0.310 e. The molecule has 4 aromatic rings.